The predicted molar refractivity (Wildman–Crippen MR) is 315 cm³/mol. The van der Waals surface area contributed by atoms with Crippen LogP contribution in [0.25, 0.3) is 61.9 Å². The zero-order chi connectivity index (χ0) is 46.4. The Labute approximate surface area is 444 Å². The average Bonchev–Trinajstić information content (AvgIpc) is 4.24. The minimum absolute atomic E-state index is 0.0308. The van der Waals surface area contributed by atoms with Crippen molar-refractivity contribution >= 4 is 165 Å². The molecule has 4 saturated heterocycles. The lowest BCUT2D eigenvalue weighted by molar-refractivity contribution is -0.0327. The average molecular weight is 1080 g/mol. The van der Waals surface area contributed by atoms with Crippen molar-refractivity contribution in [3.63, 3.8) is 0 Å². The van der Waals surface area contributed by atoms with Gasteiger partial charge >= 0.3 is 0 Å². The van der Waals surface area contributed by atoms with E-state index in [-0.39, 0.29) is 10.5 Å². The smallest absolute Gasteiger partial charge is 0.176 e. The summed E-state index contributed by atoms with van der Waals surface area (Å²) >= 11 is 14.5. The third-order valence-electron chi connectivity index (χ3n) is 14.9. The molecule has 14 rings (SSSR count). The van der Waals surface area contributed by atoms with Crippen LogP contribution in [-0.2, 0) is 22.5 Å². The molecule has 4 aliphatic heterocycles. The van der Waals surface area contributed by atoms with Gasteiger partial charge in [0.25, 0.3) is 0 Å². The first kappa shape index (κ1) is 45.7. The molecule has 8 heterocycles. The number of thiophene rings is 4. The third-order valence-corrected chi connectivity index (χ3v) is 26.2. The molecule has 0 bridgehead atoms. The normalized spacial score (nSPS) is 25.3. The summed E-state index contributed by atoms with van der Waals surface area (Å²) in [5, 5.41) is 10.3. The summed E-state index contributed by atoms with van der Waals surface area (Å²) < 4.78 is 28.0. The molecule has 0 aliphatic carbocycles. The molecule has 0 spiro atoms. The molecule has 0 radical (unpaired) electrons. The van der Waals surface area contributed by atoms with Crippen LogP contribution in [0.2, 0.25) is 0 Å². The van der Waals surface area contributed by atoms with E-state index in [0.29, 0.717) is 0 Å². The molecule has 70 heavy (non-hydrogen) atoms. The van der Waals surface area contributed by atoms with E-state index in [1.807, 2.05) is 45.3 Å². The molecule has 0 N–H and O–H groups in total. The quantitative estimate of drug-likeness (QED) is 0.150. The maximum atomic E-state index is 17.6. The minimum Gasteiger partial charge on any atom is -0.277 e. The van der Waals surface area contributed by atoms with Gasteiger partial charge in [0, 0.05) is 112 Å². The molecule has 6 aromatic carbocycles. The second-order valence-electron chi connectivity index (χ2n) is 18.7. The molecule has 4 unspecified atom stereocenters. The number of rotatable bonds is 8. The Kier molecular flexibility index (Phi) is 12.2. The first-order valence-corrected chi connectivity index (χ1v) is 33.0. The van der Waals surface area contributed by atoms with E-state index in [2.05, 4.69) is 211 Å². The van der Waals surface area contributed by atoms with E-state index >= 15 is 4.21 Å². The lowest BCUT2D eigenvalue weighted by Crippen LogP contribution is -2.70. The van der Waals surface area contributed by atoms with Gasteiger partial charge in [-0.3, -0.25) is 9.80 Å². The third kappa shape index (κ3) is 7.47. The van der Waals surface area contributed by atoms with Crippen molar-refractivity contribution in [1.29, 1.82) is 0 Å². The highest BCUT2D eigenvalue weighted by atomic mass is 32.2. The SMILES string of the molecule is O=S(N1CCSC(c2cc3ccccc3s2)C1(c1cc2cc3ccccc3cc2s1)N1CCSCC1)N1CCSC(c2cc3ccccc3s2)C1(c1cc2cc3ccccc3cc2s1)N1CCSCC1. The van der Waals surface area contributed by atoms with E-state index in [9.17, 15) is 0 Å². The molecule has 4 atom stereocenters. The van der Waals surface area contributed by atoms with Crippen molar-refractivity contribution in [3.8, 4) is 0 Å². The molecule has 0 amide bonds. The van der Waals surface area contributed by atoms with Gasteiger partial charge in [-0.15, -0.1) is 68.9 Å². The number of thioether (sulfide) groups is 4. The van der Waals surface area contributed by atoms with Gasteiger partial charge in [0.15, 0.2) is 11.2 Å². The van der Waals surface area contributed by atoms with Crippen LogP contribution in [0, 0.1) is 0 Å². The van der Waals surface area contributed by atoms with E-state index in [4.69, 9.17) is 0 Å². The lowest BCUT2D eigenvalue weighted by Gasteiger charge is -2.60. The predicted octanol–water partition coefficient (Wildman–Crippen LogP) is 15.1. The fourth-order valence-corrected chi connectivity index (χ4v) is 24.4. The second-order valence-corrected chi connectivity index (χ2v) is 29.3. The van der Waals surface area contributed by atoms with Gasteiger partial charge in [-0.2, -0.15) is 32.1 Å². The standard InChI is InChI=1S/C56H50N4OS9/c61-70(59-21-27-64-53(49-33-41-13-5-7-15-45(41)66-49)55(59,57-17-23-62-24-18-57)51-35-43-29-37-9-1-3-11-39(37)31-47(43)68-51)60-22-28-65-54(50-34-42-14-6-8-16-46(42)67-50)56(60,58-19-25-63-26-20-58)52-36-44-30-38-10-2-4-12-40(38)32-48(44)69-52/h1-16,29-36,53-54H,17-28H2. The highest BCUT2D eigenvalue weighted by molar-refractivity contribution is 8.00. The van der Waals surface area contributed by atoms with Crippen LogP contribution in [0.3, 0.4) is 0 Å². The number of fused-ring (bicyclic) bond motifs is 6. The summed E-state index contributed by atoms with van der Waals surface area (Å²) in [6, 6.07) is 55.1. The first-order valence-electron chi connectivity index (χ1n) is 24.2. The second kappa shape index (κ2) is 18.8. The molecule has 14 heteroatoms. The molecule has 10 aromatic rings. The molecular formula is C56H50N4OS9. The van der Waals surface area contributed by atoms with Crippen LogP contribution in [0.4, 0.5) is 0 Å². The summed E-state index contributed by atoms with van der Waals surface area (Å²) in [7, 11) is 0. The van der Waals surface area contributed by atoms with Gasteiger partial charge < -0.3 is 0 Å². The Morgan fingerprint density at radius 1 is 0.386 bits per heavy atom. The van der Waals surface area contributed by atoms with Crippen LogP contribution >= 0.6 is 92.4 Å². The van der Waals surface area contributed by atoms with Gasteiger partial charge in [0.1, 0.15) is 11.3 Å². The highest BCUT2D eigenvalue weighted by Gasteiger charge is 2.62. The van der Waals surface area contributed by atoms with Gasteiger partial charge in [0.2, 0.25) is 0 Å². The van der Waals surface area contributed by atoms with Gasteiger partial charge in [-0.1, -0.05) is 84.9 Å². The maximum absolute atomic E-state index is 17.6. The van der Waals surface area contributed by atoms with Crippen LogP contribution in [-0.4, -0.2) is 96.4 Å². The van der Waals surface area contributed by atoms with Crippen molar-refractivity contribution in [2.45, 2.75) is 21.8 Å². The number of nitrogens with zero attached hydrogens (tertiary/aromatic N) is 4. The van der Waals surface area contributed by atoms with E-state index < -0.39 is 22.5 Å². The van der Waals surface area contributed by atoms with Crippen molar-refractivity contribution in [2.24, 2.45) is 0 Å². The summed E-state index contributed by atoms with van der Waals surface area (Å²) in [5.74, 6) is 6.02. The molecule has 4 aromatic heterocycles. The van der Waals surface area contributed by atoms with Crippen molar-refractivity contribution in [3.05, 3.63) is 165 Å². The number of hydrogen-bond donors (Lipinski definition) is 0. The Hall–Kier alpha value is -2.93. The molecule has 4 aliphatic rings. The van der Waals surface area contributed by atoms with Crippen LogP contribution in [0.5, 0.6) is 0 Å². The summed E-state index contributed by atoms with van der Waals surface area (Å²) in [6.07, 6.45) is 0. The minimum atomic E-state index is -1.59. The van der Waals surface area contributed by atoms with Crippen LogP contribution in [0.1, 0.15) is 30.0 Å². The van der Waals surface area contributed by atoms with Gasteiger partial charge in [-0.05, 0) is 104 Å². The van der Waals surface area contributed by atoms with E-state index in [1.165, 1.54) is 81.4 Å². The lowest BCUT2D eigenvalue weighted by atomic mass is 9.97. The topological polar surface area (TPSA) is 30.0 Å². The molecule has 5 nitrogen and oxygen atoms in total. The summed E-state index contributed by atoms with van der Waals surface area (Å²) in [5.41, 5.74) is -1.38. The Morgan fingerprint density at radius 2 is 0.771 bits per heavy atom. The fourth-order valence-electron chi connectivity index (χ4n) is 11.8. The zero-order valence-electron chi connectivity index (χ0n) is 38.4. The fraction of sp³-hybridized carbons (Fsp3) is 0.286. The van der Waals surface area contributed by atoms with E-state index in [1.54, 1.807) is 0 Å². The summed E-state index contributed by atoms with van der Waals surface area (Å²) in [4.78, 5) is 11.0. The Morgan fingerprint density at radius 3 is 1.19 bits per heavy atom. The Balaban J connectivity index is 1.03. The van der Waals surface area contributed by atoms with Gasteiger partial charge in [-0.25, -0.2) is 4.21 Å². The first-order chi connectivity index (χ1) is 34.6. The van der Waals surface area contributed by atoms with Gasteiger partial charge in [0.05, 0.1) is 10.5 Å². The maximum Gasteiger partial charge on any atom is 0.176 e. The molecule has 4 fully saturated rings. The van der Waals surface area contributed by atoms with E-state index in [0.717, 1.165) is 73.8 Å². The molecule has 354 valence electrons. The van der Waals surface area contributed by atoms with Crippen LogP contribution in [0.15, 0.2) is 146 Å². The largest absolute Gasteiger partial charge is 0.277 e. The summed E-state index contributed by atoms with van der Waals surface area (Å²) in [6.45, 7) is 5.20. The van der Waals surface area contributed by atoms with Crippen LogP contribution < -0.4 is 0 Å². The van der Waals surface area contributed by atoms with Crippen molar-refractivity contribution < 1.29 is 4.21 Å². The molecular weight excluding hydrogens is 1030 g/mol. The number of hydrogen-bond acceptors (Lipinski definition) is 11. The van der Waals surface area contributed by atoms with Crippen molar-refractivity contribution in [1.82, 2.24) is 18.4 Å². The Bertz CT molecular complexity index is 3200. The highest BCUT2D eigenvalue weighted by Crippen LogP contribution is 2.62. The monoisotopic (exact) mass is 1080 g/mol. The van der Waals surface area contributed by atoms with Crippen molar-refractivity contribution in [2.75, 3.05) is 73.8 Å². The zero-order valence-corrected chi connectivity index (χ0v) is 45.7. The number of benzene rings is 6. The molecule has 0 saturated carbocycles.